The highest BCUT2D eigenvalue weighted by Gasteiger charge is 2.23. The Bertz CT molecular complexity index is 1030. The van der Waals surface area contributed by atoms with Crippen molar-refractivity contribution in [2.24, 2.45) is 0 Å². The van der Waals surface area contributed by atoms with E-state index in [1.54, 1.807) is 24.5 Å². The SMILES string of the molecule is O=C(CNc1ccccc1[N+](=O)[O-])NC1CCN(c2ncnc3nc[nH]c23)CC1. The second kappa shape index (κ2) is 8.09. The molecule has 1 saturated heterocycles. The number of anilines is 2. The molecule has 1 fully saturated rings. The molecule has 11 nitrogen and oxygen atoms in total. The van der Waals surface area contributed by atoms with E-state index in [1.165, 1.54) is 12.4 Å². The quantitative estimate of drug-likeness (QED) is 0.420. The van der Waals surface area contributed by atoms with Crippen LogP contribution < -0.4 is 15.5 Å². The Morgan fingerprint density at radius 2 is 2.03 bits per heavy atom. The molecule has 0 spiro atoms. The van der Waals surface area contributed by atoms with Crippen LogP contribution >= 0.6 is 0 Å². The van der Waals surface area contributed by atoms with E-state index in [4.69, 9.17) is 0 Å². The number of amides is 1. The molecule has 3 heterocycles. The third-order valence-corrected chi connectivity index (χ3v) is 4.90. The molecule has 3 aromatic rings. The van der Waals surface area contributed by atoms with E-state index in [0.717, 1.165) is 37.3 Å². The van der Waals surface area contributed by atoms with Crippen LogP contribution in [0.15, 0.2) is 36.9 Å². The lowest BCUT2D eigenvalue weighted by molar-refractivity contribution is -0.383. The number of aromatic nitrogens is 4. The Morgan fingerprint density at radius 3 is 2.83 bits per heavy atom. The topological polar surface area (TPSA) is 142 Å². The highest BCUT2D eigenvalue weighted by molar-refractivity contribution is 5.83. The predicted molar refractivity (Wildman–Crippen MR) is 107 cm³/mol. The zero-order valence-corrected chi connectivity index (χ0v) is 15.5. The number of benzene rings is 1. The van der Waals surface area contributed by atoms with E-state index in [1.807, 2.05) is 0 Å². The van der Waals surface area contributed by atoms with Gasteiger partial charge in [0.2, 0.25) is 5.91 Å². The summed E-state index contributed by atoms with van der Waals surface area (Å²) in [5.41, 5.74) is 1.72. The van der Waals surface area contributed by atoms with Crippen molar-refractivity contribution in [3.05, 3.63) is 47.0 Å². The van der Waals surface area contributed by atoms with Gasteiger partial charge in [0.15, 0.2) is 11.5 Å². The molecule has 1 aromatic carbocycles. The number of nitro benzene ring substituents is 1. The van der Waals surface area contributed by atoms with Crippen LogP contribution in [0.5, 0.6) is 0 Å². The van der Waals surface area contributed by atoms with Crippen LogP contribution in [0.3, 0.4) is 0 Å². The molecule has 0 atom stereocenters. The zero-order chi connectivity index (χ0) is 20.2. The summed E-state index contributed by atoms with van der Waals surface area (Å²) in [4.78, 5) is 40.7. The second-order valence-electron chi connectivity index (χ2n) is 6.76. The van der Waals surface area contributed by atoms with Gasteiger partial charge in [0, 0.05) is 25.2 Å². The van der Waals surface area contributed by atoms with Gasteiger partial charge in [-0.2, -0.15) is 0 Å². The molecule has 0 bridgehead atoms. The number of carbonyl (C=O) groups excluding carboxylic acids is 1. The first-order valence-corrected chi connectivity index (χ1v) is 9.27. The third kappa shape index (κ3) is 4.08. The molecule has 150 valence electrons. The average Bonchev–Trinajstić information content (AvgIpc) is 3.22. The number of fused-ring (bicyclic) bond motifs is 1. The fraction of sp³-hybridized carbons (Fsp3) is 0.333. The smallest absolute Gasteiger partial charge is 0.292 e. The number of para-hydroxylation sites is 2. The Hall–Kier alpha value is -3.76. The number of H-pyrrole nitrogens is 1. The number of rotatable bonds is 6. The first-order chi connectivity index (χ1) is 14.1. The van der Waals surface area contributed by atoms with E-state index in [0.29, 0.717) is 11.3 Å². The van der Waals surface area contributed by atoms with Gasteiger partial charge >= 0.3 is 0 Å². The number of nitro groups is 1. The average molecular weight is 396 g/mol. The van der Waals surface area contributed by atoms with Crippen LogP contribution in [0, 0.1) is 10.1 Å². The van der Waals surface area contributed by atoms with Gasteiger partial charge in [0.05, 0.1) is 17.8 Å². The first-order valence-electron chi connectivity index (χ1n) is 9.27. The molecule has 4 rings (SSSR count). The van der Waals surface area contributed by atoms with E-state index in [2.05, 4.69) is 35.5 Å². The Labute approximate surface area is 165 Å². The maximum atomic E-state index is 12.3. The molecule has 0 aliphatic carbocycles. The van der Waals surface area contributed by atoms with Gasteiger partial charge in [0.25, 0.3) is 5.69 Å². The van der Waals surface area contributed by atoms with Crippen molar-refractivity contribution in [3.8, 4) is 0 Å². The van der Waals surface area contributed by atoms with Gasteiger partial charge in [-0.3, -0.25) is 14.9 Å². The number of nitrogens with zero attached hydrogens (tertiary/aromatic N) is 5. The Morgan fingerprint density at radius 1 is 1.24 bits per heavy atom. The summed E-state index contributed by atoms with van der Waals surface area (Å²) in [6, 6.07) is 6.31. The monoisotopic (exact) mass is 396 g/mol. The highest BCUT2D eigenvalue weighted by Crippen LogP contribution is 2.24. The van der Waals surface area contributed by atoms with E-state index in [9.17, 15) is 14.9 Å². The van der Waals surface area contributed by atoms with E-state index < -0.39 is 4.92 Å². The van der Waals surface area contributed by atoms with Crippen molar-refractivity contribution in [1.82, 2.24) is 25.3 Å². The minimum absolute atomic E-state index is 0.0221. The fourth-order valence-corrected chi connectivity index (χ4v) is 3.46. The highest BCUT2D eigenvalue weighted by atomic mass is 16.6. The van der Waals surface area contributed by atoms with Crippen LogP contribution in [0.1, 0.15) is 12.8 Å². The molecular formula is C18H20N8O3. The molecule has 3 N–H and O–H groups in total. The minimum Gasteiger partial charge on any atom is -0.371 e. The number of imidazole rings is 1. The van der Waals surface area contributed by atoms with Gasteiger partial charge in [-0.25, -0.2) is 15.0 Å². The summed E-state index contributed by atoms with van der Waals surface area (Å²) in [6.07, 6.45) is 4.65. The lowest BCUT2D eigenvalue weighted by atomic mass is 10.0. The number of carbonyl (C=O) groups is 1. The molecule has 2 aromatic heterocycles. The molecule has 0 saturated carbocycles. The molecule has 1 aliphatic rings. The van der Waals surface area contributed by atoms with Crippen LogP contribution in [0.4, 0.5) is 17.2 Å². The van der Waals surface area contributed by atoms with Crippen molar-refractivity contribution in [2.75, 3.05) is 29.9 Å². The largest absolute Gasteiger partial charge is 0.371 e. The standard InChI is InChI=1S/C18H20N8O3/c27-15(9-19-13-3-1-2-4-14(13)26(28)29)24-12-5-7-25(8-6-12)18-16-17(21-10-20-16)22-11-23-18/h1-4,10-12,19H,5-9H2,(H,24,27)(H,20,21,22,23). The van der Waals surface area contributed by atoms with Gasteiger partial charge < -0.3 is 20.5 Å². The van der Waals surface area contributed by atoms with Gasteiger partial charge in [-0.1, -0.05) is 12.1 Å². The lowest BCUT2D eigenvalue weighted by Crippen LogP contribution is -2.46. The minimum atomic E-state index is -0.472. The van der Waals surface area contributed by atoms with Crippen molar-refractivity contribution in [2.45, 2.75) is 18.9 Å². The van der Waals surface area contributed by atoms with Gasteiger partial charge in [-0.05, 0) is 18.9 Å². The van der Waals surface area contributed by atoms with E-state index in [-0.39, 0.29) is 24.2 Å². The number of hydrogen-bond donors (Lipinski definition) is 3. The van der Waals surface area contributed by atoms with Crippen molar-refractivity contribution in [3.63, 3.8) is 0 Å². The first kappa shape index (κ1) is 18.6. The van der Waals surface area contributed by atoms with Gasteiger partial charge in [0.1, 0.15) is 17.5 Å². The summed E-state index contributed by atoms with van der Waals surface area (Å²) in [7, 11) is 0. The number of nitrogens with one attached hydrogen (secondary N) is 3. The zero-order valence-electron chi connectivity index (χ0n) is 15.5. The fourth-order valence-electron chi connectivity index (χ4n) is 3.46. The normalized spacial score (nSPS) is 14.7. The summed E-state index contributed by atoms with van der Waals surface area (Å²) >= 11 is 0. The van der Waals surface area contributed by atoms with Crippen LogP contribution in [0.25, 0.3) is 11.2 Å². The molecule has 11 heteroatoms. The molecule has 1 amide bonds. The summed E-state index contributed by atoms with van der Waals surface area (Å²) in [5.74, 6) is 0.620. The Balaban J connectivity index is 1.29. The summed E-state index contributed by atoms with van der Waals surface area (Å²) in [5, 5.41) is 16.9. The summed E-state index contributed by atoms with van der Waals surface area (Å²) < 4.78 is 0. The number of aromatic amines is 1. The molecule has 1 aliphatic heterocycles. The Kier molecular flexibility index (Phi) is 5.18. The predicted octanol–water partition coefficient (Wildman–Crippen LogP) is 1.46. The summed E-state index contributed by atoms with van der Waals surface area (Å²) in [6.45, 7) is 1.47. The third-order valence-electron chi connectivity index (χ3n) is 4.90. The number of piperidine rings is 1. The molecular weight excluding hydrogens is 376 g/mol. The van der Waals surface area contributed by atoms with E-state index >= 15 is 0 Å². The maximum absolute atomic E-state index is 12.3. The lowest BCUT2D eigenvalue weighted by Gasteiger charge is -2.33. The van der Waals surface area contributed by atoms with Crippen LogP contribution in [0.2, 0.25) is 0 Å². The van der Waals surface area contributed by atoms with Crippen LogP contribution in [-0.2, 0) is 4.79 Å². The number of hydrogen-bond acceptors (Lipinski definition) is 8. The second-order valence-corrected chi connectivity index (χ2v) is 6.76. The molecule has 29 heavy (non-hydrogen) atoms. The molecule has 0 unspecified atom stereocenters. The van der Waals surface area contributed by atoms with Gasteiger partial charge in [-0.15, -0.1) is 0 Å². The van der Waals surface area contributed by atoms with Crippen molar-refractivity contribution < 1.29 is 9.72 Å². The van der Waals surface area contributed by atoms with Crippen molar-refractivity contribution in [1.29, 1.82) is 0 Å². The molecule has 0 radical (unpaired) electrons. The van der Waals surface area contributed by atoms with Crippen LogP contribution in [-0.4, -0.2) is 56.4 Å². The van der Waals surface area contributed by atoms with Crippen molar-refractivity contribution >= 4 is 34.3 Å². The maximum Gasteiger partial charge on any atom is 0.292 e.